The second kappa shape index (κ2) is 7.70. The van der Waals surface area contributed by atoms with E-state index in [0.29, 0.717) is 30.4 Å². The molecule has 0 atom stereocenters. The van der Waals surface area contributed by atoms with Crippen molar-refractivity contribution in [2.45, 2.75) is 39.2 Å². The Morgan fingerprint density at radius 2 is 2.08 bits per heavy atom. The number of fused-ring (bicyclic) bond motifs is 1. The van der Waals surface area contributed by atoms with Crippen molar-refractivity contribution in [1.82, 2.24) is 9.88 Å². The lowest BCUT2D eigenvalue weighted by Gasteiger charge is -2.33. The number of aromatic nitrogens is 1. The highest BCUT2D eigenvalue weighted by Gasteiger charge is 2.27. The lowest BCUT2D eigenvalue weighted by molar-refractivity contribution is 0.0191. The molecule has 3 rings (SSSR count). The summed E-state index contributed by atoms with van der Waals surface area (Å²) >= 11 is 1.28. The molecule has 0 radical (unpaired) electrons. The highest BCUT2D eigenvalue weighted by Crippen LogP contribution is 2.27. The maximum Gasteiger partial charge on any atom is 0.410 e. The predicted octanol–water partition coefficient (Wildman–Crippen LogP) is 4.35. The summed E-state index contributed by atoms with van der Waals surface area (Å²) in [6.07, 6.45) is 4.83. The maximum atomic E-state index is 12.4. The van der Waals surface area contributed by atoms with Crippen molar-refractivity contribution in [3.05, 3.63) is 30.3 Å². The smallest absolute Gasteiger partial charge is 0.410 e. The molecule has 1 aliphatic rings. The van der Waals surface area contributed by atoms with Crippen LogP contribution in [0.1, 0.15) is 44.2 Å². The summed E-state index contributed by atoms with van der Waals surface area (Å²) in [6, 6.07) is 3.49. The van der Waals surface area contributed by atoms with Crippen molar-refractivity contribution in [2.75, 3.05) is 18.8 Å². The summed E-state index contributed by atoms with van der Waals surface area (Å²) in [7, 11) is 0. The molecule has 2 aromatic rings. The van der Waals surface area contributed by atoms with Gasteiger partial charge in [-0.1, -0.05) is 11.8 Å². The van der Waals surface area contributed by atoms with E-state index in [2.05, 4.69) is 4.98 Å². The Balaban J connectivity index is 1.46. The zero-order valence-corrected chi connectivity index (χ0v) is 16.2. The average molecular weight is 376 g/mol. The van der Waals surface area contributed by atoms with E-state index in [1.165, 1.54) is 11.8 Å². The third kappa shape index (κ3) is 4.78. The largest absolute Gasteiger partial charge is 0.452 e. The Labute approximate surface area is 157 Å². The molecule has 0 spiro atoms. The Kier molecular flexibility index (Phi) is 5.55. The van der Waals surface area contributed by atoms with Gasteiger partial charge < -0.3 is 14.1 Å². The van der Waals surface area contributed by atoms with Crippen LogP contribution in [0.4, 0.5) is 4.79 Å². The van der Waals surface area contributed by atoms with Gasteiger partial charge in [-0.15, -0.1) is 0 Å². The Morgan fingerprint density at radius 3 is 2.73 bits per heavy atom. The van der Waals surface area contributed by atoms with Crippen molar-refractivity contribution in [2.24, 2.45) is 5.92 Å². The molecular formula is C19H24N2O4S. The Morgan fingerprint density at radius 1 is 1.35 bits per heavy atom. The molecule has 0 aliphatic carbocycles. The van der Waals surface area contributed by atoms with Crippen molar-refractivity contribution in [1.29, 1.82) is 0 Å². The molecule has 26 heavy (non-hydrogen) atoms. The maximum absolute atomic E-state index is 12.4. The monoisotopic (exact) mass is 376 g/mol. The molecule has 1 amide bonds. The van der Waals surface area contributed by atoms with E-state index < -0.39 is 5.60 Å². The van der Waals surface area contributed by atoms with Gasteiger partial charge in [-0.25, -0.2) is 4.79 Å². The molecule has 0 aromatic carbocycles. The molecule has 0 unspecified atom stereocenters. The molecule has 140 valence electrons. The summed E-state index contributed by atoms with van der Waals surface area (Å²) in [5.74, 6) is 1.51. The molecule has 1 saturated heterocycles. The van der Waals surface area contributed by atoms with Crippen molar-refractivity contribution >= 4 is 33.9 Å². The van der Waals surface area contributed by atoms with Gasteiger partial charge in [0.2, 0.25) is 0 Å². The van der Waals surface area contributed by atoms with E-state index in [-0.39, 0.29) is 11.2 Å². The molecular weight excluding hydrogens is 352 g/mol. The van der Waals surface area contributed by atoms with Gasteiger partial charge in [0.25, 0.3) is 5.12 Å². The third-order valence-corrected chi connectivity index (χ3v) is 5.34. The highest BCUT2D eigenvalue weighted by molar-refractivity contribution is 8.14. The number of carbonyl (C=O) groups excluding carboxylic acids is 2. The van der Waals surface area contributed by atoms with Crippen LogP contribution in [0.25, 0.3) is 11.0 Å². The van der Waals surface area contributed by atoms with Crippen LogP contribution in [0.5, 0.6) is 0 Å². The number of hydrogen-bond acceptors (Lipinski definition) is 6. The number of rotatable bonds is 3. The number of furan rings is 1. The number of nitrogens with zero attached hydrogens (tertiary/aromatic N) is 2. The molecule has 0 N–H and O–H groups in total. The first-order valence-corrected chi connectivity index (χ1v) is 9.79. The molecule has 1 fully saturated rings. The van der Waals surface area contributed by atoms with Crippen molar-refractivity contribution in [3.63, 3.8) is 0 Å². The fraction of sp³-hybridized carbons (Fsp3) is 0.526. The minimum atomic E-state index is -0.474. The number of carbonyl (C=O) groups is 2. The van der Waals surface area contributed by atoms with Crippen LogP contribution in [0.15, 0.2) is 28.9 Å². The average Bonchev–Trinajstić information content (AvgIpc) is 3.03. The number of piperidine rings is 1. The fourth-order valence-electron chi connectivity index (χ4n) is 2.86. The van der Waals surface area contributed by atoms with Crippen LogP contribution < -0.4 is 0 Å². The first-order chi connectivity index (χ1) is 12.3. The topological polar surface area (TPSA) is 72.6 Å². The van der Waals surface area contributed by atoms with E-state index in [4.69, 9.17) is 9.15 Å². The van der Waals surface area contributed by atoms with Gasteiger partial charge >= 0.3 is 6.09 Å². The standard InChI is InChI=1S/C19H24N2O4S/c1-19(2,3)25-18(23)21-8-5-13(6-9-21)12-26-17(22)16-10-14-11-20-7-4-15(14)24-16/h4,7,10-11,13H,5-6,8-9,12H2,1-3H3. The Hall–Kier alpha value is -2.02. The van der Waals surface area contributed by atoms with Crippen LogP contribution >= 0.6 is 11.8 Å². The van der Waals surface area contributed by atoms with E-state index >= 15 is 0 Å². The van der Waals surface area contributed by atoms with Gasteiger partial charge in [-0.05, 0) is 51.7 Å². The minimum Gasteiger partial charge on any atom is -0.452 e. The second-order valence-electron chi connectivity index (χ2n) is 7.53. The van der Waals surface area contributed by atoms with E-state index in [1.807, 2.05) is 20.8 Å². The molecule has 7 heteroatoms. The molecule has 1 aliphatic heterocycles. The lowest BCUT2D eigenvalue weighted by atomic mass is 9.99. The van der Waals surface area contributed by atoms with Crippen molar-refractivity contribution in [3.8, 4) is 0 Å². The van der Waals surface area contributed by atoms with Crippen molar-refractivity contribution < 1.29 is 18.7 Å². The SMILES string of the molecule is CC(C)(C)OC(=O)N1CCC(CSC(=O)c2cc3cnccc3o2)CC1. The summed E-state index contributed by atoms with van der Waals surface area (Å²) in [6.45, 7) is 6.95. The summed E-state index contributed by atoms with van der Waals surface area (Å²) in [4.78, 5) is 30.2. The summed E-state index contributed by atoms with van der Waals surface area (Å²) < 4.78 is 11.0. The van der Waals surface area contributed by atoms with Crippen LogP contribution in [0.2, 0.25) is 0 Å². The summed E-state index contributed by atoms with van der Waals surface area (Å²) in [5.41, 5.74) is 0.202. The lowest BCUT2D eigenvalue weighted by Crippen LogP contribution is -2.42. The summed E-state index contributed by atoms with van der Waals surface area (Å²) in [5, 5.41) is 0.776. The molecule has 3 heterocycles. The molecule has 0 saturated carbocycles. The number of likely N-dealkylation sites (tertiary alicyclic amines) is 1. The molecule has 0 bridgehead atoms. The van der Waals surface area contributed by atoms with Crippen LogP contribution in [0.3, 0.4) is 0 Å². The minimum absolute atomic E-state index is 0.0595. The number of ether oxygens (including phenoxy) is 1. The first kappa shape index (κ1) is 18.8. The van der Waals surface area contributed by atoms with Gasteiger partial charge in [0.15, 0.2) is 5.76 Å². The molecule has 2 aromatic heterocycles. The zero-order chi connectivity index (χ0) is 18.7. The van der Waals surface area contributed by atoms with Gasteiger partial charge in [-0.3, -0.25) is 9.78 Å². The molecule has 6 nitrogen and oxygen atoms in total. The Bertz CT molecular complexity index is 755. The van der Waals surface area contributed by atoms with E-state index in [0.717, 1.165) is 24.0 Å². The highest BCUT2D eigenvalue weighted by atomic mass is 32.2. The van der Waals surface area contributed by atoms with Crippen LogP contribution in [0, 0.1) is 5.92 Å². The normalized spacial score (nSPS) is 16.0. The second-order valence-corrected chi connectivity index (χ2v) is 8.53. The van der Waals surface area contributed by atoms with Crippen LogP contribution in [-0.2, 0) is 4.74 Å². The number of thioether (sulfide) groups is 1. The number of amides is 1. The van der Waals surface area contributed by atoms with Gasteiger partial charge in [0.05, 0.1) is 0 Å². The van der Waals surface area contributed by atoms with Gasteiger partial charge in [0.1, 0.15) is 11.2 Å². The quantitative estimate of drug-likeness (QED) is 0.793. The van der Waals surface area contributed by atoms with E-state index in [1.54, 1.807) is 29.4 Å². The van der Waals surface area contributed by atoms with Crippen LogP contribution in [-0.4, -0.2) is 45.5 Å². The number of hydrogen-bond donors (Lipinski definition) is 0. The van der Waals surface area contributed by atoms with E-state index in [9.17, 15) is 9.59 Å². The van der Waals surface area contributed by atoms with Gasteiger partial charge in [0, 0.05) is 36.6 Å². The van der Waals surface area contributed by atoms with Gasteiger partial charge in [-0.2, -0.15) is 0 Å². The first-order valence-electron chi connectivity index (χ1n) is 8.80. The number of pyridine rings is 1. The predicted molar refractivity (Wildman–Crippen MR) is 101 cm³/mol. The third-order valence-electron chi connectivity index (χ3n) is 4.23. The fourth-order valence-corrected chi connectivity index (χ4v) is 3.82. The zero-order valence-electron chi connectivity index (χ0n) is 15.4.